The molecule has 0 spiro atoms. The highest BCUT2D eigenvalue weighted by atomic mass is 32.2. The molecule has 0 atom stereocenters. The second-order valence-electron chi connectivity index (χ2n) is 6.55. The number of piperazine rings is 1. The zero-order valence-electron chi connectivity index (χ0n) is 14.0. The first kappa shape index (κ1) is 16.7. The predicted octanol–water partition coefficient (Wildman–Crippen LogP) is 0.836. The molecule has 0 aliphatic carbocycles. The van der Waals surface area contributed by atoms with E-state index < -0.39 is 10.0 Å². The third-order valence-corrected chi connectivity index (χ3v) is 7.20. The largest absolute Gasteiger partial charge is 0.346 e. The molecule has 4 rings (SSSR count). The minimum atomic E-state index is -3.16. The minimum Gasteiger partial charge on any atom is -0.346 e. The van der Waals surface area contributed by atoms with Crippen molar-refractivity contribution in [1.82, 2.24) is 14.2 Å². The maximum atomic E-state index is 12.6. The average Bonchev–Trinajstić information content (AvgIpc) is 2.96. The summed E-state index contributed by atoms with van der Waals surface area (Å²) in [7, 11) is -3.16. The third-order valence-electron chi connectivity index (χ3n) is 4.80. The second-order valence-corrected chi connectivity index (χ2v) is 9.54. The summed E-state index contributed by atoms with van der Waals surface area (Å²) in [6, 6.07) is 8.03. The van der Waals surface area contributed by atoms with Crippen molar-refractivity contribution in [3.8, 4) is 0 Å². The SMILES string of the molecule is CS(=O)(=O)N1CCN(C(=O)C2CN(c3nc4ccccc4s3)C2)CC1. The molecule has 1 amide bonds. The number of hydrogen-bond acceptors (Lipinski definition) is 6. The Morgan fingerprint density at radius 3 is 2.48 bits per heavy atom. The van der Waals surface area contributed by atoms with E-state index in [1.54, 1.807) is 16.2 Å². The van der Waals surface area contributed by atoms with Crippen molar-refractivity contribution in [2.75, 3.05) is 50.4 Å². The highest BCUT2D eigenvalue weighted by molar-refractivity contribution is 7.88. The number of carbonyl (C=O) groups excluding carboxylic acids is 1. The fourth-order valence-corrected chi connectivity index (χ4v) is 5.09. The normalized spacial score (nSPS) is 20.0. The fraction of sp³-hybridized carbons (Fsp3) is 0.500. The highest BCUT2D eigenvalue weighted by Crippen LogP contribution is 2.33. The average molecular weight is 380 g/mol. The van der Waals surface area contributed by atoms with Crippen LogP contribution in [0, 0.1) is 5.92 Å². The molecule has 0 saturated carbocycles. The van der Waals surface area contributed by atoms with Crippen molar-refractivity contribution >= 4 is 42.6 Å². The Labute approximate surface area is 150 Å². The molecule has 1 aromatic carbocycles. The van der Waals surface area contributed by atoms with Gasteiger partial charge in [0.2, 0.25) is 15.9 Å². The topological polar surface area (TPSA) is 73.8 Å². The van der Waals surface area contributed by atoms with Gasteiger partial charge in [-0.15, -0.1) is 0 Å². The molecule has 0 radical (unpaired) electrons. The summed E-state index contributed by atoms with van der Waals surface area (Å²) in [6.07, 6.45) is 1.21. The molecule has 2 saturated heterocycles. The summed E-state index contributed by atoms with van der Waals surface area (Å²) in [4.78, 5) is 21.2. The lowest BCUT2D eigenvalue weighted by Gasteiger charge is -2.42. The van der Waals surface area contributed by atoms with Crippen molar-refractivity contribution in [1.29, 1.82) is 0 Å². The molecule has 9 heteroatoms. The van der Waals surface area contributed by atoms with Gasteiger partial charge in [0.05, 0.1) is 22.4 Å². The number of sulfonamides is 1. The molecule has 2 aliphatic rings. The number of nitrogens with zero attached hydrogens (tertiary/aromatic N) is 4. The first-order chi connectivity index (χ1) is 11.9. The summed E-state index contributed by atoms with van der Waals surface area (Å²) >= 11 is 1.65. The number of aromatic nitrogens is 1. The molecule has 2 aromatic rings. The smallest absolute Gasteiger partial charge is 0.229 e. The first-order valence-electron chi connectivity index (χ1n) is 8.26. The lowest BCUT2D eigenvalue weighted by atomic mass is 9.99. The van der Waals surface area contributed by atoms with Gasteiger partial charge in [-0.3, -0.25) is 4.79 Å². The van der Waals surface area contributed by atoms with E-state index in [-0.39, 0.29) is 11.8 Å². The van der Waals surface area contributed by atoms with Gasteiger partial charge < -0.3 is 9.80 Å². The monoisotopic (exact) mass is 380 g/mol. The maximum absolute atomic E-state index is 12.6. The van der Waals surface area contributed by atoms with Gasteiger partial charge in [-0.1, -0.05) is 23.5 Å². The molecule has 25 heavy (non-hydrogen) atoms. The van der Waals surface area contributed by atoms with Gasteiger partial charge in [-0.2, -0.15) is 4.31 Å². The standard InChI is InChI=1S/C16H20N4O3S2/c1-25(22,23)20-8-6-18(7-9-20)15(21)12-10-19(11-12)16-17-13-4-2-3-5-14(13)24-16/h2-5,12H,6-11H2,1H3. The number of para-hydroxylation sites is 1. The Kier molecular flexibility index (Phi) is 4.17. The third kappa shape index (κ3) is 3.23. The molecule has 0 N–H and O–H groups in total. The number of anilines is 1. The Bertz CT molecular complexity index is 864. The molecule has 2 aliphatic heterocycles. The van der Waals surface area contributed by atoms with E-state index in [2.05, 4.69) is 16.0 Å². The van der Waals surface area contributed by atoms with E-state index >= 15 is 0 Å². The Balaban J connectivity index is 1.34. The summed E-state index contributed by atoms with van der Waals surface area (Å²) in [6.45, 7) is 3.10. The van der Waals surface area contributed by atoms with Crippen molar-refractivity contribution < 1.29 is 13.2 Å². The van der Waals surface area contributed by atoms with Crippen LogP contribution in [0.3, 0.4) is 0 Å². The van der Waals surface area contributed by atoms with Gasteiger partial charge in [-0.05, 0) is 12.1 Å². The highest BCUT2D eigenvalue weighted by Gasteiger charge is 2.38. The summed E-state index contributed by atoms with van der Waals surface area (Å²) in [5, 5.41) is 0.965. The van der Waals surface area contributed by atoms with E-state index in [4.69, 9.17) is 0 Å². The number of rotatable bonds is 3. The van der Waals surface area contributed by atoms with Crippen LogP contribution in [-0.4, -0.2) is 74.0 Å². The van der Waals surface area contributed by atoms with E-state index in [1.807, 2.05) is 18.2 Å². The lowest BCUT2D eigenvalue weighted by molar-refractivity contribution is -0.137. The van der Waals surface area contributed by atoms with Crippen LogP contribution in [0.4, 0.5) is 5.13 Å². The van der Waals surface area contributed by atoms with Crippen LogP contribution in [0.5, 0.6) is 0 Å². The van der Waals surface area contributed by atoms with Gasteiger partial charge >= 0.3 is 0 Å². The van der Waals surface area contributed by atoms with E-state index in [0.717, 1.165) is 15.3 Å². The van der Waals surface area contributed by atoms with Crippen LogP contribution >= 0.6 is 11.3 Å². The van der Waals surface area contributed by atoms with E-state index in [9.17, 15) is 13.2 Å². The molecule has 0 bridgehead atoms. The van der Waals surface area contributed by atoms with Crippen LogP contribution < -0.4 is 4.90 Å². The molecule has 7 nitrogen and oxygen atoms in total. The van der Waals surface area contributed by atoms with Gasteiger partial charge in [-0.25, -0.2) is 13.4 Å². The van der Waals surface area contributed by atoms with Crippen LogP contribution in [0.25, 0.3) is 10.2 Å². The summed E-state index contributed by atoms with van der Waals surface area (Å²) in [5.74, 6) is 0.113. The van der Waals surface area contributed by atoms with Crippen molar-refractivity contribution in [3.63, 3.8) is 0 Å². The van der Waals surface area contributed by atoms with Crippen LogP contribution in [-0.2, 0) is 14.8 Å². The van der Waals surface area contributed by atoms with Gasteiger partial charge in [0, 0.05) is 39.3 Å². The van der Waals surface area contributed by atoms with Crippen LogP contribution in [0.1, 0.15) is 0 Å². The zero-order valence-corrected chi connectivity index (χ0v) is 15.6. The molecular weight excluding hydrogens is 360 g/mol. The zero-order chi connectivity index (χ0) is 17.6. The summed E-state index contributed by atoms with van der Waals surface area (Å²) in [5.41, 5.74) is 0.995. The van der Waals surface area contributed by atoms with Gasteiger partial charge in [0.25, 0.3) is 0 Å². The number of carbonyl (C=O) groups is 1. The van der Waals surface area contributed by atoms with Gasteiger partial charge in [0.1, 0.15) is 0 Å². The number of thiazole rings is 1. The first-order valence-corrected chi connectivity index (χ1v) is 10.9. The molecule has 1 aromatic heterocycles. The number of amides is 1. The van der Waals surface area contributed by atoms with Crippen molar-refractivity contribution in [2.45, 2.75) is 0 Å². The molecular formula is C16H20N4O3S2. The van der Waals surface area contributed by atoms with E-state index in [0.29, 0.717) is 39.3 Å². The number of fused-ring (bicyclic) bond motifs is 1. The molecule has 0 unspecified atom stereocenters. The quantitative estimate of drug-likeness (QED) is 0.789. The lowest BCUT2D eigenvalue weighted by Crippen LogP contribution is -2.58. The Morgan fingerprint density at radius 2 is 1.84 bits per heavy atom. The Morgan fingerprint density at radius 1 is 1.16 bits per heavy atom. The van der Waals surface area contributed by atoms with Crippen molar-refractivity contribution in [2.24, 2.45) is 5.92 Å². The molecule has 134 valence electrons. The van der Waals surface area contributed by atoms with Crippen LogP contribution in [0.15, 0.2) is 24.3 Å². The number of hydrogen-bond donors (Lipinski definition) is 0. The van der Waals surface area contributed by atoms with Gasteiger partial charge in [0.15, 0.2) is 5.13 Å². The Hall–Kier alpha value is -1.71. The minimum absolute atomic E-state index is 0.0169. The number of benzene rings is 1. The van der Waals surface area contributed by atoms with Crippen LogP contribution in [0.2, 0.25) is 0 Å². The molecule has 3 heterocycles. The van der Waals surface area contributed by atoms with E-state index in [1.165, 1.54) is 10.6 Å². The van der Waals surface area contributed by atoms with Crippen molar-refractivity contribution in [3.05, 3.63) is 24.3 Å². The summed E-state index contributed by atoms with van der Waals surface area (Å²) < 4.78 is 25.7. The predicted molar refractivity (Wildman–Crippen MR) is 98.3 cm³/mol. The molecule has 2 fully saturated rings. The maximum Gasteiger partial charge on any atom is 0.229 e. The fourth-order valence-electron chi connectivity index (χ4n) is 3.28. The second kappa shape index (κ2) is 6.22.